The smallest absolute Gasteiger partial charge is 0.248 e. The number of nitrogens with zero attached hydrogens (tertiary/aromatic N) is 3. The highest BCUT2D eigenvalue weighted by Crippen LogP contribution is 2.24. The van der Waals surface area contributed by atoms with Crippen LogP contribution in [0.4, 0.5) is 5.82 Å². The first-order valence-electron chi connectivity index (χ1n) is 8.09. The van der Waals surface area contributed by atoms with Gasteiger partial charge < -0.3 is 14.8 Å². The third-order valence-electron chi connectivity index (χ3n) is 4.35. The van der Waals surface area contributed by atoms with E-state index in [-0.39, 0.29) is 5.56 Å². The molecule has 1 saturated heterocycles. The Labute approximate surface area is 131 Å². The predicted octanol–water partition coefficient (Wildman–Crippen LogP) is 2.09. The summed E-state index contributed by atoms with van der Waals surface area (Å²) < 4.78 is 0. The van der Waals surface area contributed by atoms with E-state index in [4.69, 9.17) is 4.98 Å². The minimum atomic E-state index is -0.0813. The maximum Gasteiger partial charge on any atom is 0.248 e. The van der Waals surface area contributed by atoms with Gasteiger partial charge in [0.15, 0.2) is 0 Å². The largest absolute Gasteiger partial charge is 0.356 e. The zero-order valence-electron chi connectivity index (χ0n) is 13.4. The normalized spacial score (nSPS) is 18.5. The van der Waals surface area contributed by atoms with Gasteiger partial charge in [-0.05, 0) is 50.6 Å². The Morgan fingerprint density at radius 3 is 3.05 bits per heavy atom. The summed E-state index contributed by atoms with van der Waals surface area (Å²) in [5.41, 5.74) is 1.57. The van der Waals surface area contributed by atoms with Gasteiger partial charge >= 0.3 is 0 Å². The van der Waals surface area contributed by atoms with Gasteiger partial charge in [-0.15, -0.1) is 0 Å². The van der Waals surface area contributed by atoms with Crippen molar-refractivity contribution in [3.63, 3.8) is 0 Å². The number of aromatic amines is 1. The van der Waals surface area contributed by atoms with Crippen LogP contribution in [0.3, 0.4) is 0 Å². The summed E-state index contributed by atoms with van der Waals surface area (Å²) in [6.07, 6.45) is 2.43. The van der Waals surface area contributed by atoms with Crippen molar-refractivity contribution in [2.45, 2.75) is 19.8 Å². The van der Waals surface area contributed by atoms with Crippen LogP contribution in [0, 0.1) is 5.92 Å². The molecule has 0 aromatic carbocycles. The molecule has 1 N–H and O–H groups in total. The van der Waals surface area contributed by atoms with E-state index < -0.39 is 0 Å². The first-order valence-corrected chi connectivity index (χ1v) is 8.09. The maximum absolute atomic E-state index is 11.3. The van der Waals surface area contributed by atoms with E-state index in [9.17, 15) is 4.79 Å². The number of rotatable bonds is 5. The molecule has 1 aliphatic heterocycles. The first-order chi connectivity index (χ1) is 10.7. The Bertz CT molecular complexity index is 696. The summed E-state index contributed by atoms with van der Waals surface area (Å²) in [4.78, 5) is 23.6. The first kappa shape index (κ1) is 15.0. The van der Waals surface area contributed by atoms with Crippen LogP contribution < -0.4 is 10.5 Å². The third kappa shape index (κ3) is 3.30. The van der Waals surface area contributed by atoms with Crippen LogP contribution in [0.1, 0.15) is 19.8 Å². The van der Waals surface area contributed by atoms with Crippen LogP contribution in [0.15, 0.2) is 29.1 Å². The van der Waals surface area contributed by atoms with Crippen molar-refractivity contribution < 1.29 is 0 Å². The van der Waals surface area contributed by atoms with Gasteiger partial charge in [-0.3, -0.25) is 4.79 Å². The zero-order chi connectivity index (χ0) is 15.5. The molecule has 3 rings (SSSR count). The van der Waals surface area contributed by atoms with E-state index in [1.807, 2.05) is 12.1 Å². The minimum Gasteiger partial charge on any atom is -0.356 e. The van der Waals surface area contributed by atoms with Crippen molar-refractivity contribution in [3.8, 4) is 0 Å². The molecular formula is C17H24N4O. The molecule has 1 fully saturated rings. The number of nitrogens with one attached hydrogen (secondary N) is 1. The monoisotopic (exact) mass is 300 g/mol. The highest BCUT2D eigenvalue weighted by molar-refractivity contribution is 5.75. The van der Waals surface area contributed by atoms with Crippen molar-refractivity contribution in [1.29, 1.82) is 0 Å². The number of pyridine rings is 2. The summed E-state index contributed by atoms with van der Waals surface area (Å²) in [5, 5.41) is 0. The molecule has 5 nitrogen and oxygen atoms in total. The summed E-state index contributed by atoms with van der Waals surface area (Å²) >= 11 is 0. The second kappa shape index (κ2) is 6.48. The molecule has 0 radical (unpaired) electrons. The van der Waals surface area contributed by atoms with Crippen LogP contribution in [-0.4, -0.2) is 48.1 Å². The number of aromatic nitrogens is 2. The zero-order valence-corrected chi connectivity index (χ0v) is 13.4. The number of H-pyrrole nitrogens is 1. The number of hydrogen-bond acceptors (Lipinski definition) is 4. The van der Waals surface area contributed by atoms with Crippen molar-refractivity contribution in [1.82, 2.24) is 14.9 Å². The molecule has 2 aromatic rings. The van der Waals surface area contributed by atoms with Crippen molar-refractivity contribution >= 4 is 16.9 Å². The molecule has 5 heteroatoms. The topological polar surface area (TPSA) is 52.2 Å². The van der Waals surface area contributed by atoms with E-state index in [2.05, 4.69) is 28.8 Å². The fourth-order valence-electron chi connectivity index (χ4n) is 3.31. The second-order valence-corrected chi connectivity index (χ2v) is 6.29. The van der Waals surface area contributed by atoms with Crippen molar-refractivity contribution in [2.75, 3.05) is 38.1 Å². The Balaban J connectivity index is 1.70. The van der Waals surface area contributed by atoms with Crippen LogP contribution in [0.25, 0.3) is 11.0 Å². The van der Waals surface area contributed by atoms with Gasteiger partial charge in [0.05, 0.1) is 11.0 Å². The van der Waals surface area contributed by atoms with Crippen LogP contribution in [0.2, 0.25) is 0 Å². The highest BCUT2D eigenvalue weighted by atomic mass is 16.1. The van der Waals surface area contributed by atoms with Gasteiger partial charge in [-0.25, -0.2) is 4.98 Å². The Kier molecular flexibility index (Phi) is 4.43. The molecule has 0 bridgehead atoms. The number of anilines is 1. The van der Waals surface area contributed by atoms with Crippen molar-refractivity contribution in [3.05, 3.63) is 34.6 Å². The highest BCUT2D eigenvalue weighted by Gasteiger charge is 2.24. The Morgan fingerprint density at radius 2 is 2.23 bits per heavy atom. The average molecular weight is 300 g/mol. The Morgan fingerprint density at radius 1 is 1.36 bits per heavy atom. The van der Waals surface area contributed by atoms with Gasteiger partial charge in [0, 0.05) is 25.7 Å². The lowest BCUT2D eigenvalue weighted by atomic mass is 10.1. The van der Waals surface area contributed by atoms with Crippen molar-refractivity contribution in [2.24, 2.45) is 5.92 Å². The fraction of sp³-hybridized carbons (Fsp3) is 0.529. The Hall–Kier alpha value is -1.88. The van der Waals surface area contributed by atoms with Gasteiger partial charge in [0.25, 0.3) is 0 Å². The van der Waals surface area contributed by atoms with Gasteiger partial charge in [0.1, 0.15) is 5.82 Å². The van der Waals surface area contributed by atoms with Gasteiger partial charge in [-0.2, -0.15) is 0 Å². The lowest BCUT2D eigenvalue weighted by molar-refractivity contribution is 0.287. The SMILES string of the molecule is CCCN(C)C[C@H]1CCN(c2ccc3[nH]c(=O)ccc3n2)C1. The summed E-state index contributed by atoms with van der Waals surface area (Å²) in [6.45, 7) is 6.67. The predicted molar refractivity (Wildman–Crippen MR) is 90.5 cm³/mol. The molecular weight excluding hydrogens is 276 g/mol. The lowest BCUT2D eigenvalue weighted by Crippen LogP contribution is -2.29. The molecule has 0 amide bonds. The molecule has 22 heavy (non-hydrogen) atoms. The second-order valence-electron chi connectivity index (χ2n) is 6.29. The van der Waals surface area contributed by atoms with Gasteiger partial charge in [0.2, 0.25) is 5.56 Å². The minimum absolute atomic E-state index is 0.0813. The molecule has 2 aromatic heterocycles. The van der Waals surface area contributed by atoms with E-state index in [0.717, 1.165) is 43.0 Å². The molecule has 0 spiro atoms. The maximum atomic E-state index is 11.3. The van der Waals surface area contributed by atoms with E-state index in [0.29, 0.717) is 5.92 Å². The molecule has 3 heterocycles. The van der Waals surface area contributed by atoms with Crippen LogP contribution in [0.5, 0.6) is 0 Å². The number of fused-ring (bicyclic) bond motifs is 1. The van der Waals surface area contributed by atoms with Crippen LogP contribution in [-0.2, 0) is 0 Å². The molecule has 1 atom stereocenters. The standard InChI is InChI=1S/C17H24N4O/c1-3-9-20(2)11-13-8-10-21(12-13)16-6-4-15-14(18-16)5-7-17(22)19-15/h4-7,13H,3,8-12H2,1-2H3,(H,19,22)/t13-/m1/s1. The van der Waals surface area contributed by atoms with E-state index in [1.54, 1.807) is 6.07 Å². The summed E-state index contributed by atoms with van der Waals surface area (Å²) in [5.74, 6) is 1.73. The quantitative estimate of drug-likeness (QED) is 0.918. The lowest BCUT2D eigenvalue weighted by Gasteiger charge is -2.21. The average Bonchev–Trinajstić information content (AvgIpc) is 2.95. The molecule has 0 unspecified atom stereocenters. The van der Waals surface area contributed by atoms with E-state index in [1.165, 1.54) is 18.9 Å². The fourth-order valence-corrected chi connectivity index (χ4v) is 3.31. The summed E-state index contributed by atoms with van der Waals surface area (Å²) in [7, 11) is 2.21. The molecule has 118 valence electrons. The molecule has 0 aliphatic carbocycles. The molecule has 0 saturated carbocycles. The summed E-state index contributed by atoms with van der Waals surface area (Å²) in [6, 6.07) is 7.29. The van der Waals surface area contributed by atoms with Gasteiger partial charge in [-0.1, -0.05) is 6.92 Å². The molecule has 1 aliphatic rings. The third-order valence-corrected chi connectivity index (χ3v) is 4.35. The van der Waals surface area contributed by atoms with E-state index >= 15 is 0 Å². The van der Waals surface area contributed by atoms with Crippen LogP contribution >= 0.6 is 0 Å². The number of hydrogen-bond donors (Lipinski definition) is 1.